The van der Waals surface area contributed by atoms with Gasteiger partial charge in [-0.3, -0.25) is 0 Å². The Morgan fingerprint density at radius 1 is 1.60 bits per heavy atom. The van der Waals surface area contributed by atoms with Crippen LogP contribution in [0.1, 0.15) is 18.4 Å². The Morgan fingerprint density at radius 2 is 2.33 bits per heavy atom. The molecule has 0 bridgehead atoms. The Hall–Kier alpha value is -0.990. The SMILES string of the molecule is COc1cccc(C(C)/C(=C\Cl)CN)c1. The largest absolute Gasteiger partial charge is 0.497 e. The van der Waals surface area contributed by atoms with Crippen molar-refractivity contribution in [2.24, 2.45) is 5.73 Å². The van der Waals surface area contributed by atoms with Gasteiger partial charge in [-0.15, -0.1) is 0 Å². The third-order valence-electron chi connectivity index (χ3n) is 2.53. The maximum atomic E-state index is 5.71. The predicted molar refractivity (Wildman–Crippen MR) is 64.4 cm³/mol. The van der Waals surface area contributed by atoms with E-state index < -0.39 is 0 Å². The number of hydrogen-bond acceptors (Lipinski definition) is 2. The van der Waals surface area contributed by atoms with Crippen LogP contribution in [0.3, 0.4) is 0 Å². The zero-order valence-corrected chi connectivity index (χ0v) is 9.79. The maximum Gasteiger partial charge on any atom is 0.119 e. The van der Waals surface area contributed by atoms with Crippen molar-refractivity contribution in [1.82, 2.24) is 0 Å². The fraction of sp³-hybridized carbons (Fsp3) is 0.333. The lowest BCUT2D eigenvalue weighted by Crippen LogP contribution is -2.09. The van der Waals surface area contributed by atoms with Gasteiger partial charge in [0.2, 0.25) is 0 Å². The Morgan fingerprint density at radius 3 is 2.87 bits per heavy atom. The van der Waals surface area contributed by atoms with Crippen LogP contribution in [0, 0.1) is 0 Å². The van der Waals surface area contributed by atoms with E-state index in [0.29, 0.717) is 6.54 Å². The highest BCUT2D eigenvalue weighted by Crippen LogP contribution is 2.26. The molecule has 0 amide bonds. The lowest BCUT2D eigenvalue weighted by molar-refractivity contribution is 0.414. The zero-order chi connectivity index (χ0) is 11.3. The highest BCUT2D eigenvalue weighted by Gasteiger charge is 2.10. The predicted octanol–water partition coefficient (Wildman–Crippen LogP) is 2.88. The van der Waals surface area contributed by atoms with Gasteiger partial charge in [0.25, 0.3) is 0 Å². The van der Waals surface area contributed by atoms with Crippen LogP contribution in [0.5, 0.6) is 5.75 Å². The van der Waals surface area contributed by atoms with Gasteiger partial charge in [-0.05, 0) is 23.3 Å². The van der Waals surface area contributed by atoms with E-state index in [-0.39, 0.29) is 5.92 Å². The first-order valence-corrected chi connectivity index (χ1v) is 5.29. The van der Waals surface area contributed by atoms with Crippen molar-refractivity contribution >= 4 is 11.6 Å². The Balaban J connectivity index is 2.95. The first kappa shape index (κ1) is 12.1. The molecule has 0 aliphatic heterocycles. The van der Waals surface area contributed by atoms with Gasteiger partial charge in [0, 0.05) is 18.0 Å². The second-order valence-corrected chi connectivity index (χ2v) is 3.60. The number of ether oxygens (including phenoxy) is 1. The average molecular weight is 226 g/mol. The second kappa shape index (κ2) is 5.79. The van der Waals surface area contributed by atoms with E-state index in [0.717, 1.165) is 16.9 Å². The van der Waals surface area contributed by atoms with Crippen LogP contribution >= 0.6 is 11.6 Å². The molecule has 3 heteroatoms. The van der Waals surface area contributed by atoms with Crippen LogP contribution in [0.2, 0.25) is 0 Å². The summed E-state index contributed by atoms with van der Waals surface area (Å²) in [6.45, 7) is 2.55. The van der Waals surface area contributed by atoms with Crippen molar-refractivity contribution in [3.63, 3.8) is 0 Å². The molecule has 1 aromatic rings. The van der Waals surface area contributed by atoms with E-state index >= 15 is 0 Å². The van der Waals surface area contributed by atoms with E-state index in [9.17, 15) is 0 Å². The first-order chi connectivity index (χ1) is 7.22. The lowest BCUT2D eigenvalue weighted by Gasteiger charge is -2.14. The smallest absolute Gasteiger partial charge is 0.119 e. The summed E-state index contributed by atoms with van der Waals surface area (Å²) < 4.78 is 5.17. The van der Waals surface area contributed by atoms with E-state index in [4.69, 9.17) is 22.1 Å². The van der Waals surface area contributed by atoms with E-state index in [1.165, 1.54) is 0 Å². The fourth-order valence-electron chi connectivity index (χ4n) is 1.44. The quantitative estimate of drug-likeness (QED) is 0.855. The normalized spacial score (nSPS) is 13.7. The molecular formula is C12H16ClNO. The van der Waals surface area contributed by atoms with Crippen LogP contribution in [0.25, 0.3) is 0 Å². The molecule has 82 valence electrons. The number of benzene rings is 1. The summed E-state index contributed by atoms with van der Waals surface area (Å²) in [5.74, 6) is 1.08. The molecule has 0 aliphatic rings. The molecule has 2 nitrogen and oxygen atoms in total. The highest BCUT2D eigenvalue weighted by molar-refractivity contribution is 6.25. The number of methoxy groups -OCH3 is 1. The summed E-state index contributed by atoms with van der Waals surface area (Å²) in [5.41, 5.74) is 9.35. The summed E-state index contributed by atoms with van der Waals surface area (Å²) in [6, 6.07) is 7.93. The molecule has 1 atom stereocenters. The topological polar surface area (TPSA) is 35.2 Å². The Labute approximate surface area is 95.7 Å². The number of rotatable bonds is 4. The van der Waals surface area contributed by atoms with Crippen LogP contribution in [0.15, 0.2) is 35.4 Å². The first-order valence-electron chi connectivity index (χ1n) is 4.86. The number of hydrogen-bond donors (Lipinski definition) is 1. The molecule has 15 heavy (non-hydrogen) atoms. The van der Waals surface area contributed by atoms with Gasteiger partial charge in [0.15, 0.2) is 0 Å². The third-order valence-corrected chi connectivity index (χ3v) is 2.81. The molecule has 1 unspecified atom stereocenters. The molecule has 0 saturated heterocycles. The van der Waals surface area contributed by atoms with E-state index in [1.807, 2.05) is 24.3 Å². The molecule has 1 rings (SSSR count). The standard InChI is InChI=1S/C12H16ClNO/c1-9(11(7-13)8-14)10-4-3-5-12(6-10)15-2/h3-7,9H,8,14H2,1-2H3/b11-7-. The molecule has 0 spiro atoms. The van der Waals surface area contributed by atoms with Crippen molar-refractivity contribution in [1.29, 1.82) is 0 Å². The molecule has 0 heterocycles. The molecule has 0 aliphatic carbocycles. The van der Waals surface area contributed by atoms with Crippen molar-refractivity contribution in [3.05, 3.63) is 40.9 Å². The summed E-state index contributed by atoms with van der Waals surface area (Å²) in [7, 11) is 1.66. The molecule has 1 aromatic carbocycles. The fourth-order valence-corrected chi connectivity index (χ4v) is 1.72. The van der Waals surface area contributed by atoms with Gasteiger partial charge in [-0.1, -0.05) is 30.7 Å². The zero-order valence-electron chi connectivity index (χ0n) is 9.03. The summed E-state index contributed by atoms with van der Waals surface area (Å²) in [5, 5.41) is 0. The Bertz CT molecular complexity index is 349. The van der Waals surface area contributed by atoms with Gasteiger partial charge in [0.1, 0.15) is 5.75 Å². The summed E-state index contributed by atoms with van der Waals surface area (Å²) >= 11 is 5.71. The van der Waals surface area contributed by atoms with Crippen molar-refractivity contribution in [2.75, 3.05) is 13.7 Å². The van der Waals surface area contributed by atoms with Crippen LogP contribution in [-0.4, -0.2) is 13.7 Å². The Kier molecular flexibility index (Phi) is 4.66. The van der Waals surface area contributed by atoms with Crippen molar-refractivity contribution < 1.29 is 4.74 Å². The third kappa shape index (κ3) is 2.98. The van der Waals surface area contributed by atoms with Crippen LogP contribution < -0.4 is 10.5 Å². The molecule has 0 fully saturated rings. The molecule has 0 saturated carbocycles. The van der Waals surface area contributed by atoms with E-state index in [1.54, 1.807) is 12.6 Å². The number of halogens is 1. The average Bonchev–Trinajstić information content (AvgIpc) is 2.30. The molecule has 0 radical (unpaired) electrons. The second-order valence-electron chi connectivity index (χ2n) is 3.39. The van der Waals surface area contributed by atoms with Gasteiger partial charge in [0.05, 0.1) is 7.11 Å². The lowest BCUT2D eigenvalue weighted by atomic mass is 9.94. The molecule has 2 N–H and O–H groups in total. The van der Waals surface area contributed by atoms with Crippen LogP contribution in [-0.2, 0) is 0 Å². The van der Waals surface area contributed by atoms with Gasteiger partial charge >= 0.3 is 0 Å². The highest BCUT2D eigenvalue weighted by atomic mass is 35.5. The minimum absolute atomic E-state index is 0.225. The maximum absolute atomic E-state index is 5.71. The monoisotopic (exact) mass is 225 g/mol. The van der Waals surface area contributed by atoms with Gasteiger partial charge in [-0.25, -0.2) is 0 Å². The summed E-state index contributed by atoms with van der Waals surface area (Å²) in [4.78, 5) is 0. The van der Waals surface area contributed by atoms with Gasteiger partial charge < -0.3 is 10.5 Å². The minimum atomic E-state index is 0.225. The minimum Gasteiger partial charge on any atom is -0.497 e. The molecule has 0 aromatic heterocycles. The molecular weight excluding hydrogens is 210 g/mol. The van der Waals surface area contributed by atoms with Gasteiger partial charge in [-0.2, -0.15) is 0 Å². The van der Waals surface area contributed by atoms with E-state index in [2.05, 4.69) is 6.92 Å². The number of nitrogens with two attached hydrogens (primary N) is 1. The van der Waals surface area contributed by atoms with Crippen molar-refractivity contribution in [2.45, 2.75) is 12.8 Å². The summed E-state index contributed by atoms with van der Waals surface area (Å²) in [6.07, 6.45) is 0. The van der Waals surface area contributed by atoms with Crippen LogP contribution in [0.4, 0.5) is 0 Å². The van der Waals surface area contributed by atoms with Crippen molar-refractivity contribution in [3.8, 4) is 5.75 Å².